The molecule has 0 fully saturated rings. The van der Waals surface area contributed by atoms with E-state index in [0.29, 0.717) is 13.0 Å². The third-order valence-electron chi connectivity index (χ3n) is 3.34. The Morgan fingerprint density at radius 1 is 1.32 bits per heavy atom. The zero-order valence-corrected chi connectivity index (χ0v) is 13.2. The number of rotatable bonds is 8. The van der Waals surface area contributed by atoms with Crippen LogP contribution in [0.2, 0.25) is 0 Å². The molecule has 2 rings (SSSR count). The van der Waals surface area contributed by atoms with Crippen LogP contribution >= 0.6 is 0 Å². The fourth-order valence-electron chi connectivity index (χ4n) is 2.28. The van der Waals surface area contributed by atoms with Gasteiger partial charge >= 0.3 is 5.97 Å². The quantitative estimate of drug-likeness (QED) is 0.703. The lowest BCUT2D eigenvalue weighted by atomic mass is 10.2. The number of hydrogen-bond donors (Lipinski definition) is 0. The molecule has 0 saturated heterocycles. The van der Waals surface area contributed by atoms with Crippen molar-refractivity contribution in [3.63, 3.8) is 0 Å². The highest BCUT2D eigenvalue weighted by molar-refractivity contribution is 5.69. The molecular formula is C17H23N3O2. The van der Waals surface area contributed by atoms with Crippen molar-refractivity contribution >= 4 is 5.97 Å². The SMILES string of the molecule is CCOC(=O)CCCN(C)Cc1cnn(-c2ccccc2)c1. The molecular weight excluding hydrogens is 278 g/mol. The maximum absolute atomic E-state index is 11.3. The smallest absolute Gasteiger partial charge is 0.305 e. The van der Waals surface area contributed by atoms with E-state index in [4.69, 9.17) is 4.74 Å². The summed E-state index contributed by atoms with van der Waals surface area (Å²) in [6.45, 7) is 3.95. The van der Waals surface area contributed by atoms with Gasteiger partial charge in [0.05, 0.1) is 18.5 Å². The van der Waals surface area contributed by atoms with E-state index >= 15 is 0 Å². The highest BCUT2D eigenvalue weighted by Crippen LogP contribution is 2.09. The van der Waals surface area contributed by atoms with E-state index in [2.05, 4.69) is 10.00 Å². The summed E-state index contributed by atoms with van der Waals surface area (Å²) in [4.78, 5) is 13.5. The molecule has 0 N–H and O–H groups in total. The zero-order chi connectivity index (χ0) is 15.8. The number of carbonyl (C=O) groups is 1. The first-order valence-corrected chi connectivity index (χ1v) is 7.62. The summed E-state index contributed by atoms with van der Waals surface area (Å²) < 4.78 is 6.80. The van der Waals surface area contributed by atoms with Gasteiger partial charge in [0.2, 0.25) is 0 Å². The summed E-state index contributed by atoms with van der Waals surface area (Å²) in [5.41, 5.74) is 2.21. The van der Waals surface area contributed by atoms with Gasteiger partial charge in [0.15, 0.2) is 0 Å². The molecule has 1 aromatic heterocycles. The minimum Gasteiger partial charge on any atom is -0.466 e. The first kappa shape index (κ1) is 16.2. The molecule has 0 spiro atoms. The first-order valence-electron chi connectivity index (χ1n) is 7.62. The summed E-state index contributed by atoms with van der Waals surface area (Å²) in [7, 11) is 2.05. The topological polar surface area (TPSA) is 47.4 Å². The van der Waals surface area contributed by atoms with Crippen molar-refractivity contribution in [1.82, 2.24) is 14.7 Å². The van der Waals surface area contributed by atoms with Crippen LogP contribution in [0.25, 0.3) is 5.69 Å². The van der Waals surface area contributed by atoms with E-state index in [1.807, 2.05) is 61.4 Å². The monoisotopic (exact) mass is 301 g/mol. The third kappa shape index (κ3) is 5.00. The second-order valence-corrected chi connectivity index (χ2v) is 5.28. The lowest BCUT2D eigenvalue weighted by molar-refractivity contribution is -0.143. The number of ether oxygens (including phenoxy) is 1. The molecule has 0 radical (unpaired) electrons. The van der Waals surface area contributed by atoms with Crippen molar-refractivity contribution in [3.05, 3.63) is 48.3 Å². The Morgan fingerprint density at radius 3 is 2.82 bits per heavy atom. The highest BCUT2D eigenvalue weighted by atomic mass is 16.5. The maximum Gasteiger partial charge on any atom is 0.305 e. The van der Waals surface area contributed by atoms with Crippen molar-refractivity contribution < 1.29 is 9.53 Å². The molecule has 0 unspecified atom stereocenters. The van der Waals surface area contributed by atoms with Gasteiger partial charge < -0.3 is 9.64 Å². The average molecular weight is 301 g/mol. The van der Waals surface area contributed by atoms with Crippen LogP contribution < -0.4 is 0 Å². The summed E-state index contributed by atoms with van der Waals surface area (Å²) >= 11 is 0. The van der Waals surface area contributed by atoms with E-state index in [0.717, 1.165) is 30.8 Å². The molecule has 5 heteroatoms. The van der Waals surface area contributed by atoms with Gasteiger partial charge in [0.25, 0.3) is 0 Å². The van der Waals surface area contributed by atoms with Crippen molar-refractivity contribution in [2.45, 2.75) is 26.3 Å². The Bertz CT molecular complexity index is 581. The van der Waals surface area contributed by atoms with Gasteiger partial charge in [0.1, 0.15) is 0 Å². The molecule has 0 amide bonds. The van der Waals surface area contributed by atoms with E-state index in [1.165, 1.54) is 0 Å². The lowest BCUT2D eigenvalue weighted by Gasteiger charge is -2.14. The van der Waals surface area contributed by atoms with Crippen LogP contribution in [-0.2, 0) is 16.1 Å². The normalized spacial score (nSPS) is 10.9. The van der Waals surface area contributed by atoms with Gasteiger partial charge in [-0.15, -0.1) is 0 Å². The number of benzene rings is 1. The van der Waals surface area contributed by atoms with Gasteiger partial charge in [-0.3, -0.25) is 4.79 Å². The number of carbonyl (C=O) groups excluding carboxylic acids is 1. The summed E-state index contributed by atoms with van der Waals surface area (Å²) in [6, 6.07) is 10.0. The van der Waals surface area contributed by atoms with Crippen molar-refractivity contribution in [2.75, 3.05) is 20.2 Å². The standard InChI is InChI=1S/C17H23N3O2/c1-3-22-17(21)10-7-11-19(2)13-15-12-18-20(14-15)16-8-5-4-6-9-16/h4-6,8-9,12,14H,3,7,10-11,13H2,1-2H3. The number of hydrogen-bond acceptors (Lipinski definition) is 4. The molecule has 0 aliphatic rings. The molecule has 0 bridgehead atoms. The van der Waals surface area contributed by atoms with E-state index < -0.39 is 0 Å². The van der Waals surface area contributed by atoms with Crippen LogP contribution in [0.15, 0.2) is 42.7 Å². The first-order chi connectivity index (χ1) is 10.7. The molecule has 0 aliphatic heterocycles. The molecule has 118 valence electrons. The van der Waals surface area contributed by atoms with E-state index in [-0.39, 0.29) is 5.97 Å². The van der Waals surface area contributed by atoms with Crippen molar-refractivity contribution in [1.29, 1.82) is 0 Å². The Labute approximate surface area is 131 Å². The van der Waals surface area contributed by atoms with Crippen LogP contribution in [0.5, 0.6) is 0 Å². The van der Waals surface area contributed by atoms with Crippen LogP contribution in [0, 0.1) is 0 Å². The average Bonchev–Trinajstić information content (AvgIpc) is 2.97. The number of para-hydroxylation sites is 1. The van der Waals surface area contributed by atoms with Gasteiger partial charge in [0, 0.05) is 24.7 Å². The Morgan fingerprint density at radius 2 is 2.09 bits per heavy atom. The minimum atomic E-state index is -0.118. The molecule has 2 aromatic rings. The second kappa shape index (κ2) is 8.34. The van der Waals surface area contributed by atoms with Crippen molar-refractivity contribution in [3.8, 4) is 5.69 Å². The zero-order valence-electron chi connectivity index (χ0n) is 13.2. The highest BCUT2D eigenvalue weighted by Gasteiger charge is 2.06. The van der Waals surface area contributed by atoms with Gasteiger partial charge in [-0.25, -0.2) is 4.68 Å². The molecule has 22 heavy (non-hydrogen) atoms. The lowest BCUT2D eigenvalue weighted by Crippen LogP contribution is -2.20. The summed E-state index contributed by atoms with van der Waals surface area (Å²) in [5, 5.41) is 4.39. The molecule has 0 atom stereocenters. The molecule has 5 nitrogen and oxygen atoms in total. The minimum absolute atomic E-state index is 0.118. The largest absolute Gasteiger partial charge is 0.466 e. The summed E-state index contributed by atoms with van der Waals surface area (Å²) in [5.74, 6) is -0.118. The molecule has 0 saturated carbocycles. The molecule has 0 aliphatic carbocycles. The number of esters is 1. The Kier molecular flexibility index (Phi) is 6.15. The predicted octanol–water partition coefficient (Wildman–Crippen LogP) is 2.65. The van der Waals surface area contributed by atoms with Crippen LogP contribution in [0.4, 0.5) is 0 Å². The maximum atomic E-state index is 11.3. The van der Waals surface area contributed by atoms with Gasteiger partial charge in [-0.2, -0.15) is 5.10 Å². The van der Waals surface area contributed by atoms with Gasteiger partial charge in [-0.1, -0.05) is 18.2 Å². The van der Waals surface area contributed by atoms with Crippen LogP contribution in [0.1, 0.15) is 25.3 Å². The van der Waals surface area contributed by atoms with E-state index in [1.54, 1.807) is 0 Å². The van der Waals surface area contributed by atoms with E-state index in [9.17, 15) is 4.79 Å². The Balaban J connectivity index is 1.79. The number of nitrogens with zero attached hydrogens (tertiary/aromatic N) is 3. The number of aromatic nitrogens is 2. The van der Waals surface area contributed by atoms with Gasteiger partial charge in [-0.05, 0) is 39.1 Å². The molecule has 1 aromatic carbocycles. The predicted molar refractivity (Wildman–Crippen MR) is 85.8 cm³/mol. The molecule has 1 heterocycles. The summed E-state index contributed by atoms with van der Waals surface area (Å²) in [6.07, 6.45) is 5.20. The second-order valence-electron chi connectivity index (χ2n) is 5.28. The fraction of sp³-hybridized carbons (Fsp3) is 0.412. The van der Waals surface area contributed by atoms with Crippen LogP contribution in [-0.4, -0.2) is 40.8 Å². The fourth-order valence-corrected chi connectivity index (χ4v) is 2.28. The third-order valence-corrected chi connectivity index (χ3v) is 3.34. The van der Waals surface area contributed by atoms with Crippen LogP contribution in [0.3, 0.4) is 0 Å². The van der Waals surface area contributed by atoms with Crippen molar-refractivity contribution in [2.24, 2.45) is 0 Å². The Hall–Kier alpha value is -2.14.